The topological polar surface area (TPSA) is 120 Å². The largest absolute Gasteiger partial charge is 0.433 e. The Bertz CT molecular complexity index is 1030. The molecule has 3 heterocycles. The summed E-state index contributed by atoms with van der Waals surface area (Å²) in [4.78, 5) is 26.2. The van der Waals surface area contributed by atoms with E-state index in [1.54, 1.807) is 9.80 Å². The van der Waals surface area contributed by atoms with Crippen molar-refractivity contribution < 1.29 is 27.5 Å². The number of amides is 1. The minimum absolute atomic E-state index is 0.0158. The van der Waals surface area contributed by atoms with E-state index in [-0.39, 0.29) is 43.2 Å². The average molecular weight is 497 g/mol. The van der Waals surface area contributed by atoms with Crippen LogP contribution in [0, 0.1) is 11.7 Å². The van der Waals surface area contributed by atoms with Crippen molar-refractivity contribution in [2.45, 2.75) is 44.1 Å². The highest BCUT2D eigenvalue weighted by Gasteiger charge is 2.35. The molecule has 13 heteroatoms. The number of pyridine rings is 1. The number of hydrogen-bond donors (Lipinski definition) is 3. The fourth-order valence-electron chi connectivity index (χ4n) is 4.21. The summed E-state index contributed by atoms with van der Waals surface area (Å²) in [5.41, 5.74) is 4.73. The van der Waals surface area contributed by atoms with Gasteiger partial charge in [-0.15, -0.1) is 0 Å². The quantitative estimate of drug-likeness (QED) is 0.449. The summed E-state index contributed by atoms with van der Waals surface area (Å²) < 4.78 is 53.8. The summed E-state index contributed by atoms with van der Waals surface area (Å²) >= 11 is 0. The summed E-state index contributed by atoms with van der Waals surface area (Å²) in [6.45, 7) is 1.38. The van der Waals surface area contributed by atoms with Crippen LogP contribution in [0.1, 0.15) is 30.5 Å². The number of nitrogens with one attached hydrogen (secondary N) is 1. The van der Waals surface area contributed by atoms with Crippen molar-refractivity contribution in [1.82, 2.24) is 19.9 Å². The molecule has 1 saturated heterocycles. The summed E-state index contributed by atoms with van der Waals surface area (Å²) in [5.74, 6) is -1.26. The lowest BCUT2D eigenvalue weighted by atomic mass is 9.93. The second-order valence-electron chi connectivity index (χ2n) is 8.97. The molecule has 2 aromatic heterocycles. The van der Waals surface area contributed by atoms with Crippen LogP contribution in [-0.4, -0.2) is 69.2 Å². The van der Waals surface area contributed by atoms with Gasteiger partial charge in [-0.25, -0.2) is 9.97 Å². The number of β-amino-alcohol motifs (C(OH)–C–C–N with tert-alkyl or cyclic N) is 1. The van der Waals surface area contributed by atoms with Gasteiger partial charge in [0.25, 0.3) is 0 Å². The molecule has 1 aliphatic heterocycles. The van der Waals surface area contributed by atoms with Gasteiger partial charge in [0.15, 0.2) is 11.6 Å². The van der Waals surface area contributed by atoms with E-state index in [1.165, 1.54) is 12.4 Å². The number of aliphatic hydroxyl groups is 1. The molecule has 1 amide bonds. The van der Waals surface area contributed by atoms with Crippen LogP contribution in [-0.2, 0) is 17.5 Å². The Morgan fingerprint density at radius 1 is 1.23 bits per heavy atom. The van der Waals surface area contributed by atoms with Crippen LogP contribution >= 0.6 is 0 Å². The van der Waals surface area contributed by atoms with Crippen molar-refractivity contribution in [3.8, 4) is 0 Å². The van der Waals surface area contributed by atoms with Crippen molar-refractivity contribution in [3.63, 3.8) is 0 Å². The van der Waals surface area contributed by atoms with Crippen molar-refractivity contribution >= 4 is 17.5 Å². The summed E-state index contributed by atoms with van der Waals surface area (Å²) in [5, 5.41) is 13.4. The van der Waals surface area contributed by atoms with Gasteiger partial charge in [0.1, 0.15) is 12.0 Å². The van der Waals surface area contributed by atoms with Crippen molar-refractivity contribution in [3.05, 3.63) is 41.7 Å². The monoisotopic (exact) mass is 497 g/mol. The second-order valence-corrected chi connectivity index (χ2v) is 8.97. The lowest BCUT2D eigenvalue weighted by Gasteiger charge is -2.35. The lowest BCUT2D eigenvalue weighted by Crippen LogP contribution is -2.48. The maximum absolute atomic E-state index is 15.4. The lowest BCUT2D eigenvalue weighted by molar-refractivity contribution is -0.141. The molecule has 190 valence electrons. The van der Waals surface area contributed by atoms with E-state index in [0.717, 1.165) is 25.1 Å². The summed E-state index contributed by atoms with van der Waals surface area (Å²) in [7, 11) is 0. The van der Waals surface area contributed by atoms with Gasteiger partial charge >= 0.3 is 6.18 Å². The van der Waals surface area contributed by atoms with Gasteiger partial charge in [0.2, 0.25) is 11.7 Å². The number of carbonyl (C=O) groups is 1. The average Bonchev–Trinajstić information content (AvgIpc) is 3.63. The van der Waals surface area contributed by atoms with Gasteiger partial charge in [0.05, 0.1) is 12.6 Å². The number of nitrogens with two attached hydrogens (primary N) is 1. The van der Waals surface area contributed by atoms with Gasteiger partial charge in [-0.2, -0.15) is 17.6 Å². The first kappa shape index (κ1) is 25.0. The van der Waals surface area contributed by atoms with Crippen LogP contribution in [0.4, 0.5) is 29.2 Å². The number of primary amides is 1. The first-order chi connectivity index (χ1) is 16.6. The number of likely N-dealkylation sites (tertiary alicyclic amines) is 1. The smallest absolute Gasteiger partial charge is 0.391 e. The number of halogens is 4. The third kappa shape index (κ3) is 6.34. The first-order valence-corrected chi connectivity index (χ1v) is 11.3. The first-order valence-electron chi connectivity index (χ1n) is 11.3. The molecule has 0 bridgehead atoms. The molecule has 35 heavy (non-hydrogen) atoms. The van der Waals surface area contributed by atoms with Crippen LogP contribution in [0.25, 0.3) is 0 Å². The van der Waals surface area contributed by atoms with Gasteiger partial charge < -0.3 is 21.1 Å². The molecule has 0 aromatic carbocycles. The van der Waals surface area contributed by atoms with Crippen molar-refractivity contribution in [2.75, 3.05) is 36.4 Å². The van der Waals surface area contributed by atoms with E-state index >= 15 is 4.39 Å². The Morgan fingerprint density at radius 3 is 2.60 bits per heavy atom. The molecule has 0 spiro atoms. The van der Waals surface area contributed by atoms with E-state index < -0.39 is 29.7 Å². The zero-order valence-electron chi connectivity index (χ0n) is 18.9. The fraction of sp³-hybridized carbons (Fsp3) is 0.545. The number of nitrogens with zero attached hydrogens (tertiary/aromatic N) is 5. The molecular formula is C22H27F4N7O2. The molecule has 2 fully saturated rings. The van der Waals surface area contributed by atoms with Crippen LogP contribution in [0.5, 0.6) is 0 Å². The highest BCUT2D eigenvalue weighted by molar-refractivity contribution is 5.75. The van der Waals surface area contributed by atoms with Gasteiger partial charge in [-0.1, -0.05) is 6.07 Å². The Morgan fingerprint density at radius 2 is 2.00 bits per heavy atom. The van der Waals surface area contributed by atoms with Gasteiger partial charge in [0, 0.05) is 37.8 Å². The minimum atomic E-state index is -4.53. The molecular weight excluding hydrogens is 470 g/mol. The number of aromatic nitrogens is 3. The number of aliphatic hydroxyl groups excluding tert-OH is 1. The number of hydrogen-bond acceptors (Lipinski definition) is 8. The predicted molar refractivity (Wildman–Crippen MR) is 119 cm³/mol. The van der Waals surface area contributed by atoms with E-state index in [1.807, 2.05) is 0 Å². The molecule has 1 saturated carbocycles. The van der Waals surface area contributed by atoms with E-state index in [9.17, 15) is 23.1 Å². The number of piperidine rings is 1. The van der Waals surface area contributed by atoms with Crippen molar-refractivity contribution in [2.24, 2.45) is 11.7 Å². The molecule has 2 aliphatic rings. The molecule has 4 N–H and O–H groups in total. The fourth-order valence-corrected chi connectivity index (χ4v) is 4.21. The number of anilines is 2. The van der Waals surface area contributed by atoms with Crippen LogP contribution in [0.15, 0.2) is 24.7 Å². The van der Waals surface area contributed by atoms with Crippen molar-refractivity contribution in [1.29, 1.82) is 0 Å². The molecule has 1 aliphatic carbocycles. The Kier molecular flexibility index (Phi) is 7.36. The highest BCUT2D eigenvalue weighted by atomic mass is 19.4. The molecule has 2 atom stereocenters. The minimum Gasteiger partial charge on any atom is -0.391 e. The van der Waals surface area contributed by atoms with Gasteiger partial charge in [-0.05, 0) is 37.4 Å². The van der Waals surface area contributed by atoms with E-state index in [2.05, 4.69) is 20.3 Å². The van der Waals surface area contributed by atoms with Crippen LogP contribution in [0.3, 0.4) is 0 Å². The molecule has 0 radical (unpaired) electrons. The Labute approximate surface area is 199 Å². The van der Waals surface area contributed by atoms with E-state index in [0.29, 0.717) is 25.1 Å². The molecule has 2 aromatic rings. The number of carbonyl (C=O) groups excluding carboxylic acids is 1. The Balaban J connectivity index is 1.42. The van der Waals surface area contributed by atoms with Crippen LogP contribution < -0.4 is 16.0 Å². The molecule has 2 unspecified atom stereocenters. The summed E-state index contributed by atoms with van der Waals surface area (Å²) in [6.07, 6.45) is -0.645. The summed E-state index contributed by atoms with van der Waals surface area (Å²) in [6, 6.07) is 2.25. The molecule has 9 nitrogen and oxygen atoms in total. The second kappa shape index (κ2) is 10.3. The zero-order valence-corrected chi connectivity index (χ0v) is 18.9. The third-order valence-electron chi connectivity index (χ3n) is 6.22. The molecule has 4 rings (SSSR count). The predicted octanol–water partition coefficient (Wildman–Crippen LogP) is 1.78. The zero-order chi connectivity index (χ0) is 25.2. The number of rotatable bonds is 9. The van der Waals surface area contributed by atoms with Crippen LogP contribution in [0.2, 0.25) is 0 Å². The maximum atomic E-state index is 15.4. The highest BCUT2D eigenvalue weighted by Crippen LogP contribution is 2.35. The normalized spacial score (nSPS) is 21.1. The number of alkyl halides is 3. The SMILES string of the molecule is NC(=O)CN1CCC(CNc2ncnc(N(Cc3ccc(C(F)(F)F)nc3)C3CC3)c2F)C(O)C1. The Hall–Kier alpha value is -3.06. The third-order valence-corrected chi connectivity index (χ3v) is 6.22. The standard InChI is InChI=1S/C22H27F4N7O2/c23-19-20(29-8-14-5-6-32(10-16(14)34)11-18(27)35)30-12-31-21(19)33(15-2-3-15)9-13-1-4-17(28-7-13)22(24,25)26/h1,4,7,12,14-16,34H,2-3,5-6,8-11H2,(H2,27,35)(H,29,30,31). The van der Waals surface area contributed by atoms with E-state index in [4.69, 9.17) is 5.73 Å². The van der Waals surface area contributed by atoms with Gasteiger partial charge in [-0.3, -0.25) is 14.7 Å². The maximum Gasteiger partial charge on any atom is 0.433 e.